The topological polar surface area (TPSA) is 92.3 Å². The van der Waals surface area contributed by atoms with E-state index in [0.717, 1.165) is 16.3 Å². The smallest absolute Gasteiger partial charge is 0.243 e. The maximum Gasteiger partial charge on any atom is 0.243 e. The molecule has 2 amide bonds. The molecule has 0 aromatic heterocycles. The average Bonchev–Trinajstić information content (AvgIpc) is 2.79. The van der Waals surface area contributed by atoms with Crippen LogP contribution in [-0.4, -0.2) is 32.0 Å². The maximum atomic E-state index is 13.1. The lowest BCUT2D eigenvalue weighted by Crippen LogP contribution is -2.51. The van der Waals surface area contributed by atoms with Gasteiger partial charge in [-0.05, 0) is 40.3 Å². The van der Waals surface area contributed by atoms with Crippen LogP contribution in [0, 0.1) is 5.92 Å². The van der Waals surface area contributed by atoms with Gasteiger partial charge >= 0.3 is 0 Å². The van der Waals surface area contributed by atoms with Gasteiger partial charge < -0.3 is 10.6 Å². The summed E-state index contributed by atoms with van der Waals surface area (Å²) in [4.78, 5) is 26.2. The van der Waals surface area contributed by atoms with Crippen LogP contribution in [0.2, 0.25) is 0 Å². The Morgan fingerprint density at radius 3 is 2.42 bits per heavy atom. The molecule has 2 unspecified atom stereocenters. The number of fused-ring (bicyclic) bond motifs is 2. The molecule has 2 atom stereocenters. The highest BCUT2D eigenvalue weighted by Crippen LogP contribution is 2.32. The molecular weight excluding hydrogens is 436 g/mol. The minimum atomic E-state index is -3.34. The van der Waals surface area contributed by atoms with Crippen molar-refractivity contribution >= 4 is 32.4 Å². The fourth-order valence-electron chi connectivity index (χ4n) is 4.30. The molecule has 4 rings (SSSR count). The van der Waals surface area contributed by atoms with E-state index in [4.69, 9.17) is 0 Å². The fraction of sp³-hybridized carbons (Fsp3) is 0.308. The molecule has 0 aliphatic carbocycles. The first-order valence-corrected chi connectivity index (χ1v) is 12.8. The van der Waals surface area contributed by atoms with E-state index in [1.807, 2.05) is 56.3 Å². The lowest BCUT2D eigenvalue weighted by molar-refractivity contribution is -0.130. The van der Waals surface area contributed by atoms with Crippen molar-refractivity contribution in [2.24, 2.45) is 5.92 Å². The average molecular weight is 465 g/mol. The van der Waals surface area contributed by atoms with Gasteiger partial charge in [0.15, 0.2) is 9.84 Å². The summed E-state index contributed by atoms with van der Waals surface area (Å²) in [6, 6.07) is 19.5. The lowest BCUT2D eigenvalue weighted by atomic mass is 9.99. The Labute approximate surface area is 194 Å². The molecule has 0 spiro atoms. The fourth-order valence-corrected chi connectivity index (χ4v) is 5.92. The van der Waals surface area contributed by atoms with E-state index in [1.54, 1.807) is 24.3 Å². The van der Waals surface area contributed by atoms with E-state index in [9.17, 15) is 18.0 Å². The van der Waals surface area contributed by atoms with Crippen LogP contribution in [0.1, 0.15) is 37.4 Å². The zero-order valence-electron chi connectivity index (χ0n) is 18.7. The van der Waals surface area contributed by atoms with Gasteiger partial charge in [0.1, 0.15) is 6.04 Å². The summed E-state index contributed by atoms with van der Waals surface area (Å²) in [5.74, 6) is -0.690. The normalized spacial score (nSPS) is 17.8. The van der Waals surface area contributed by atoms with Crippen molar-refractivity contribution in [3.63, 3.8) is 0 Å². The molecule has 2 N–H and O–H groups in total. The highest BCUT2D eigenvalue weighted by molar-refractivity contribution is 7.91. The van der Waals surface area contributed by atoms with Crippen molar-refractivity contribution in [3.8, 4) is 0 Å². The zero-order chi connectivity index (χ0) is 23.6. The van der Waals surface area contributed by atoms with E-state index in [0.29, 0.717) is 12.0 Å². The summed E-state index contributed by atoms with van der Waals surface area (Å²) >= 11 is 0. The predicted molar refractivity (Wildman–Crippen MR) is 128 cm³/mol. The van der Waals surface area contributed by atoms with E-state index < -0.39 is 21.9 Å². The van der Waals surface area contributed by atoms with Crippen LogP contribution in [0.15, 0.2) is 71.6 Å². The Morgan fingerprint density at radius 2 is 1.67 bits per heavy atom. The number of sulfone groups is 1. The van der Waals surface area contributed by atoms with E-state index in [2.05, 4.69) is 10.6 Å². The van der Waals surface area contributed by atoms with Gasteiger partial charge in [-0.2, -0.15) is 0 Å². The highest BCUT2D eigenvalue weighted by Gasteiger charge is 2.33. The highest BCUT2D eigenvalue weighted by atomic mass is 32.2. The SMILES string of the molecule is CC(C)C(NC(=O)Cc1ccc2ccccc2c1)C(=O)NC1CCS(=O)(=O)c2ccccc21. The van der Waals surface area contributed by atoms with Gasteiger partial charge in [0, 0.05) is 0 Å². The van der Waals surface area contributed by atoms with Crippen LogP contribution < -0.4 is 10.6 Å². The summed E-state index contributed by atoms with van der Waals surface area (Å²) in [5.41, 5.74) is 1.47. The maximum absolute atomic E-state index is 13.1. The van der Waals surface area contributed by atoms with Gasteiger partial charge in [-0.15, -0.1) is 0 Å². The van der Waals surface area contributed by atoms with Gasteiger partial charge in [-0.3, -0.25) is 9.59 Å². The quantitative estimate of drug-likeness (QED) is 0.584. The minimum absolute atomic E-state index is 0.0182. The Kier molecular flexibility index (Phi) is 6.51. The third-order valence-corrected chi connectivity index (χ3v) is 7.88. The second-order valence-electron chi connectivity index (χ2n) is 8.85. The number of benzene rings is 3. The van der Waals surface area contributed by atoms with Gasteiger partial charge in [0.05, 0.1) is 23.1 Å². The number of hydrogen-bond acceptors (Lipinski definition) is 4. The Morgan fingerprint density at radius 1 is 0.970 bits per heavy atom. The van der Waals surface area contributed by atoms with Crippen LogP contribution in [0.3, 0.4) is 0 Å². The molecule has 172 valence electrons. The zero-order valence-corrected chi connectivity index (χ0v) is 19.6. The number of rotatable bonds is 6. The molecule has 0 radical (unpaired) electrons. The van der Waals surface area contributed by atoms with Crippen LogP contribution in [0.4, 0.5) is 0 Å². The van der Waals surface area contributed by atoms with Crippen molar-refractivity contribution in [2.45, 2.75) is 43.7 Å². The molecule has 6 nitrogen and oxygen atoms in total. The Bertz CT molecular complexity index is 1300. The van der Waals surface area contributed by atoms with Crippen molar-refractivity contribution in [1.82, 2.24) is 10.6 Å². The molecule has 0 bridgehead atoms. The number of nitrogens with one attached hydrogen (secondary N) is 2. The first kappa shape index (κ1) is 23.0. The summed E-state index contributed by atoms with van der Waals surface area (Å²) in [6.45, 7) is 3.75. The number of carbonyl (C=O) groups excluding carboxylic acids is 2. The summed E-state index contributed by atoms with van der Waals surface area (Å²) in [7, 11) is -3.34. The number of amides is 2. The van der Waals surface area contributed by atoms with E-state index in [1.165, 1.54) is 0 Å². The molecule has 1 aliphatic heterocycles. The molecule has 1 aliphatic rings. The second-order valence-corrected chi connectivity index (χ2v) is 10.9. The molecule has 7 heteroatoms. The summed E-state index contributed by atoms with van der Waals surface area (Å²) in [5, 5.41) is 8.01. The second kappa shape index (κ2) is 9.35. The lowest BCUT2D eigenvalue weighted by Gasteiger charge is -2.29. The molecule has 3 aromatic carbocycles. The van der Waals surface area contributed by atoms with Crippen LogP contribution in [-0.2, 0) is 25.8 Å². The third-order valence-electron chi connectivity index (χ3n) is 6.07. The molecule has 0 fully saturated rings. The molecule has 0 saturated carbocycles. The van der Waals surface area contributed by atoms with Crippen LogP contribution >= 0.6 is 0 Å². The molecule has 3 aromatic rings. The third kappa shape index (κ3) is 5.09. The van der Waals surface area contributed by atoms with Crippen molar-refractivity contribution in [1.29, 1.82) is 0 Å². The molecular formula is C26H28N2O4S. The summed E-state index contributed by atoms with van der Waals surface area (Å²) in [6.07, 6.45) is 0.479. The van der Waals surface area contributed by atoms with Crippen molar-refractivity contribution in [2.75, 3.05) is 5.75 Å². The van der Waals surface area contributed by atoms with Gasteiger partial charge in [0.25, 0.3) is 0 Å². The molecule has 0 saturated heterocycles. The van der Waals surface area contributed by atoms with Crippen LogP contribution in [0.5, 0.6) is 0 Å². The number of carbonyl (C=O) groups is 2. The Hall–Kier alpha value is -3.19. The first-order valence-electron chi connectivity index (χ1n) is 11.1. The van der Waals surface area contributed by atoms with Crippen molar-refractivity contribution in [3.05, 3.63) is 77.9 Å². The first-order chi connectivity index (χ1) is 15.7. The minimum Gasteiger partial charge on any atom is -0.347 e. The van der Waals surface area contributed by atoms with Gasteiger partial charge in [-0.1, -0.05) is 74.5 Å². The molecule has 1 heterocycles. The van der Waals surface area contributed by atoms with E-state index >= 15 is 0 Å². The summed E-state index contributed by atoms with van der Waals surface area (Å²) < 4.78 is 24.8. The standard InChI is InChI=1S/C26H28N2O4S/c1-17(2)25(28-24(29)16-18-11-12-19-7-3-4-8-20(19)15-18)26(30)27-22-13-14-33(31,32)23-10-6-5-9-21(22)23/h3-12,15,17,22,25H,13-14,16H2,1-2H3,(H,27,30)(H,28,29). The molecule has 33 heavy (non-hydrogen) atoms. The Balaban J connectivity index is 1.45. The van der Waals surface area contributed by atoms with Crippen LogP contribution in [0.25, 0.3) is 10.8 Å². The largest absolute Gasteiger partial charge is 0.347 e. The van der Waals surface area contributed by atoms with E-state index in [-0.39, 0.29) is 34.8 Å². The van der Waals surface area contributed by atoms with Crippen molar-refractivity contribution < 1.29 is 18.0 Å². The number of hydrogen-bond donors (Lipinski definition) is 2. The van der Waals surface area contributed by atoms with Gasteiger partial charge in [-0.25, -0.2) is 8.42 Å². The van der Waals surface area contributed by atoms with Gasteiger partial charge in [0.2, 0.25) is 11.8 Å². The monoisotopic (exact) mass is 464 g/mol. The predicted octanol–water partition coefficient (Wildman–Crippen LogP) is 3.56.